The van der Waals surface area contributed by atoms with Gasteiger partial charge in [-0.15, -0.1) is 0 Å². The Bertz CT molecular complexity index is 591. The van der Waals surface area contributed by atoms with E-state index in [2.05, 4.69) is 15.3 Å². The predicted octanol–water partition coefficient (Wildman–Crippen LogP) is -0.0498. The second-order valence-corrected chi connectivity index (χ2v) is 4.30. The number of hydrazine groups is 1. The van der Waals surface area contributed by atoms with Crippen molar-refractivity contribution in [2.75, 3.05) is 17.8 Å². The number of imide groups is 1. The third-order valence-corrected chi connectivity index (χ3v) is 2.83. The number of anilines is 2. The van der Waals surface area contributed by atoms with Gasteiger partial charge in [-0.3, -0.25) is 14.5 Å². The van der Waals surface area contributed by atoms with E-state index < -0.39 is 29.9 Å². The van der Waals surface area contributed by atoms with Crippen molar-refractivity contribution >= 4 is 23.5 Å². The summed E-state index contributed by atoms with van der Waals surface area (Å²) in [7, 11) is 1.29. The van der Waals surface area contributed by atoms with Crippen LogP contribution in [0.1, 0.15) is 12.2 Å². The molecule has 0 aliphatic carbocycles. The van der Waals surface area contributed by atoms with Crippen molar-refractivity contribution in [1.82, 2.24) is 14.9 Å². The Morgan fingerprint density at radius 3 is 2.43 bits per heavy atom. The zero-order valence-corrected chi connectivity index (χ0v) is 10.7. The third kappa shape index (κ3) is 3.02. The van der Waals surface area contributed by atoms with Gasteiger partial charge in [0.25, 0.3) is 5.91 Å². The first kappa shape index (κ1) is 15.0. The van der Waals surface area contributed by atoms with Crippen LogP contribution >= 0.6 is 0 Å². The number of nitrogens with two attached hydrogens (primary N) is 1. The number of nitrogens with one attached hydrogen (secondary N) is 2. The van der Waals surface area contributed by atoms with E-state index in [4.69, 9.17) is 5.84 Å². The molecule has 114 valence electrons. The average molecular weight is 304 g/mol. The number of likely N-dealkylation sites (tertiary alicyclic amines) is 1. The van der Waals surface area contributed by atoms with Crippen molar-refractivity contribution < 1.29 is 22.8 Å². The highest BCUT2D eigenvalue weighted by Crippen LogP contribution is 2.28. The van der Waals surface area contributed by atoms with E-state index in [1.54, 1.807) is 0 Å². The number of carbonyl (C=O) groups excluding carboxylic acids is 2. The van der Waals surface area contributed by atoms with Gasteiger partial charge in [-0.2, -0.15) is 13.2 Å². The van der Waals surface area contributed by atoms with Gasteiger partial charge in [0.15, 0.2) is 0 Å². The lowest BCUT2D eigenvalue weighted by molar-refractivity contribution is -0.144. The number of hydrogen-bond donors (Lipinski definition) is 3. The van der Waals surface area contributed by atoms with Gasteiger partial charge in [0, 0.05) is 13.1 Å². The van der Waals surface area contributed by atoms with Crippen LogP contribution in [-0.2, 0) is 15.8 Å². The number of alkyl halides is 3. The molecule has 0 saturated carbocycles. The number of nitrogens with zero attached hydrogens (tertiary/aromatic N) is 3. The first-order valence-corrected chi connectivity index (χ1v) is 5.72. The summed E-state index contributed by atoms with van der Waals surface area (Å²) in [6.07, 6.45) is -4.93. The van der Waals surface area contributed by atoms with Gasteiger partial charge in [-0.1, -0.05) is 0 Å². The van der Waals surface area contributed by atoms with Crippen molar-refractivity contribution in [3.63, 3.8) is 0 Å². The average Bonchev–Trinajstić information content (AvgIpc) is 2.65. The highest BCUT2D eigenvalue weighted by atomic mass is 19.4. The van der Waals surface area contributed by atoms with E-state index in [1.165, 1.54) is 7.05 Å². The van der Waals surface area contributed by atoms with E-state index in [0.29, 0.717) is 0 Å². The predicted molar refractivity (Wildman–Crippen MR) is 64.6 cm³/mol. The molecule has 21 heavy (non-hydrogen) atoms. The largest absolute Gasteiger partial charge is 0.451 e. The number of likely N-dealkylation sites (N-methyl/N-ethyl adjacent to an activating group) is 1. The molecule has 4 N–H and O–H groups in total. The zero-order valence-electron chi connectivity index (χ0n) is 10.7. The lowest BCUT2D eigenvalue weighted by atomic mass is 10.2. The van der Waals surface area contributed by atoms with Crippen LogP contribution in [0.5, 0.6) is 0 Å². The standard InChI is InChI=1S/C10H11F3N6O2/c1-19-7(20)2-4(8(19)21)15-5-3-6(18-14)17-9(16-5)10(11,12)13/h3-4H,2,14H2,1H3,(H2,15,16,17,18). The first-order valence-electron chi connectivity index (χ1n) is 5.72. The summed E-state index contributed by atoms with van der Waals surface area (Å²) in [5.41, 5.74) is 1.98. The fourth-order valence-electron chi connectivity index (χ4n) is 1.77. The van der Waals surface area contributed by atoms with Gasteiger partial charge in [-0.05, 0) is 0 Å². The summed E-state index contributed by atoms with van der Waals surface area (Å²) in [5, 5.41) is 2.48. The Kier molecular flexibility index (Phi) is 3.68. The fourth-order valence-corrected chi connectivity index (χ4v) is 1.77. The SMILES string of the molecule is CN1C(=O)CC(Nc2cc(NN)nc(C(F)(F)F)n2)C1=O. The molecule has 2 amide bonds. The molecule has 1 aliphatic heterocycles. The number of aromatic nitrogens is 2. The minimum Gasteiger partial charge on any atom is -0.358 e. The normalized spacial score (nSPS) is 19.1. The maximum absolute atomic E-state index is 12.6. The lowest BCUT2D eigenvalue weighted by Crippen LogP contribution is -2.32. The third-order valence-electron chi connectivity index (χ3n) is 2.83. The van der Waals surface area contributed by atoms with Crippen LogP contribution in [0.3, 0.4) is 0 Å². The molecule has 1 atom stereocenters. The van der Waals surface area contributed by atoms with Gasteiger partial charge in [0.2, 0.25) is 11.7 Å². The van der Waals surface area contributed by atoms with Crippen LogP contribution in [0.2, 0.25) is 0 Å². The van der Waals surface area contributed by atoms with Crippen LogP contribution < -0.4 is 16.6 Å². The Balaban J connectivity index is 2.28. The molecular weight excluding hydrogens is 293 g/mol. The van der Waals surface area contributed by atoms with Crippen LogP contribution in [-0.4, -0.2) is 39.8 Å². The van der Waals surface area contributed by atoms with E-state index >= 15 is 0 Å². The second kappa shape index (κ2) is 5.16. The molecule has 0 aromatic carbocycles. The molecule has 1 aliphatic rings. The molecule has 11 heteroatoms. The molecule has 0 radical (unpaired) electrons. The Morgan fingerprint density at radius 1 is 1.33 bits per heavy atom. The van der Waals surface area contributed by atoms with Crippen molar-refractivity contribution in [3.05, 3.63) is 11.9 Å². The van der Waals surface area contributed by atoms with Crippen LogP contribution in [0.25, 0.3) is 0 Å². The van der Waals surface area contributed by atoms with Crippen molar-refractivity contribution in [3.8, 4) is 0 Å². The number of amides is 2. The minimum absolute atomic E-state index is 0.161. The molecule has 0 bridgehead atoms. The summed E-state index contributed by atoms with van der Waals surface area (Å²) in [4.78, 5) is 30.4. The molecule has 1 saturated heterocycles. The van der Waals surface area contributed by atoms with Gasteiger partial charge in [0.1, 0.15) is 17.7 Å². The van der Waals surface area contributed by atoms with Crippen molar-refractivity contribution in [1.29, 1.82) is 0 Å². The number of halogens is 3. The second-order valence-electron chi connectivity index (χ2n) is 4.30. The number of rotatable bonds is 3. The van der Waals surface area contributed by atoms with Gasteiger partial charge in [0.05, 0.1) is 6.42 Å². The summed E-state index contributed by atoms with van der Waals surface area (Å²) in [5.74, 6) is 2.13. The van der Waals surface area contributed by atoms with Crippen molar-refractivity contribution in [2.45, 2.75) is 18.6 Å². The molecular formula is C10H11F3N6O2. The number of hydrogen-bond acceptors (Lipinski definition) is 7. The number of carbonyl (C=O) groups is 2. The first-order chi connectivity index (χ1) is 9.72. The molecule has 1 aromatic rings. The van der Waals surface area contributed by atoms with Crippen LogP contribution in [0.4, 0.5) is 24.8 Å². The summed E-state index contributed by atoms with van der Waals surface area (Å²) < 4.78 is 37.9. The topological polar surface area (TPSA) is 113 Å². The lowest BCUT2D eigenvalue weighted by Gasteiger charge is -2.14. The quantitative estimate of drug-likeness (QED) is 0.407. The molecule has 1 fully saturated rings. The molecule has 2 heterocycles. The number of nitrogen functional groups attached to an aromatic ring is 1. The summed E-state index contributed by atoms with van der Waals surface area (Å²) >= 11 is 0. The van der Waals surface area contributed by atoms with Gasteiger partial charge >= 0.3 is 6.18 Å². The summed E-state index contributed by atoms with van der Waals surface area (Å²) in [6.45, 7) is 0. The zero-order chi connectivity index (χ0) is 15.8. The van der Waals surface area contributed by atoms with Crippen LogP contribution in [0, 0.1) is 0 Å². The van der Waals surface area contributed by atoms with E-state index in [-0.39, 0.29) is 18.1 Å². The monoisotopic (exact) mass is 304 g/mol. The van der Waals surface area contributed by atoms with Gasteiger partial charge in [-0.25, -0.2) is 15.8 Å². The van der Waals surface area contributed by atoms with Crippen LogP contribution in [0.15, 0.2) is 6.07 Å². The molecule has 2 rings (SSSR count). The van der Waals surface area contributed by atoms with E-state index in [0.717, 1.165) is 11.0 Å². The van der Waals surface area contributed by atoms with E-state index in [9.17, 15) is 22.8 Å². The fraction of sp³-hybridized carbons (Fsp3) is 0.400. The van der Waals surface area contributed by atoms with E-state index in [1.807, 2.05) is 5.43 Å². The Hall–Kier alpha value is -2.43. The Morgan fingerprint density at radius 2 is 1.95 bits per heavy atom. The van der Waals surface area contributed by atoms with Gasteiger partial charge < -0.3 is 10.7 Å². The summed E-state index contributed by atoms with van der Waals surface area (Å²) in [6, 6.07) is 0.134. The highest BCUT2D eigenvalue weighted by molar-refractivity contribution is 6.06. The molecule has 1 unspecified atom stereocenters. The maximum atomic E-state index is 12.6. The molecule has 0 spiro atoms. The molecule has 8 nitrogen and oxygen atoms in total. The van der Waals surface area contributed by atoms with Crippen molar-refractivity contribution in [2.24, 2.45) is 5.84 Å². The highest BCUT2D eigenvalue weighted by Gasteiger charge is 2.38. The Labute approximate surface area is 116 Å². The molecule has 1 aromatic heterocycles. The maximum Gasteiger partial charge on any atom is 0.451 e. The minimum atomic E-state index is -4.77. The smallest absolute Gasteiger partial charge is 0.358 e.